The van der Waals surface area contributed by atoms with Gasteiger partial charge < -0.3 is 4.42 Å². The smallest absolute Gasteiger partial charge is 0.185 e. The maximum absolute atomic E-state index is 5.93. The van der Waals surface area contributed by atoms with Crippen LogP contribution in [0, 0.1) is 0 Å². The third-order valence-electron chi connectivity index (χ3n) is 3.13. The van der Waals surface area contributed by atoms with E-state index in [2.05, 4.69) is 21.2 Å². The second-order valence-corrected chi connectivity index (χ2v) is 4.25. The van der Waals surface area contributed by atoms with Gasteiger partial charge in [-0.2, -0.15) is 5.10 Å². The highest BCUT2D eigenvalue weighted by Gasteiger charge is 2.12. The zero-order valence-electron chi connectivity index (χ0n) is 9.95. The van der Waals surface area contributed by atoms with E-state index in [0.717, 1.165) is 27.5 Å². The minimum atomic E-state index is 0.576. The summed E-state index contributed by atoms with van der Waals surface area (Å²) in [4.78, 5) is 4.24. The Balaban J connectivity index is 2.13. The van der Waals surface area contributed by atoms with Crippen molar-refractivity contribution in [2.24, 2.45) is 0 Å². The van der Waals surface area contributed by atoms with Crippen LogP contribution in [0.25, 0.3) is 33.3 Å². The Hall–Kier alpha value is -2.75. The van der Waals surface area contributed by atoms with Gasteiger partial charge in [0.25, 0.3) is 0 Å². The zero-order valence-corrected chi connectivity index (χ0v) is 9.95. The van der Waals surface area contributed by atoms with Crippen molar-refractivity contribution in [3.63, 3.8) is 0 Å². The fraction of sp³-hybridized carbons (Fsp3) is 0. The summed E-state index contributed by atoms with van der Waals surface area (Å²) in [6.45, 7) is 0. The van der Waals surface area contributed by atoms with E-state index in [4.69, 9.17) is 4.42 Å². The molecule has 0 amide bonds. The molecular formula is C15H9N3O. The summed E-state index contributed by atoms with van der Waals surface area (Å²) in [5, 5.41) is 10.1. The van der Waals surface area contributed by atoms with Crippen molar-refractivity contribution in [1.82, 2.24) is 15.2 Å². The molecule has 4 rings (SSSR count). The third-order valence-corrected chi connectivity index (χ3v) is 3.13. The van der Waals surface area contributed by atoms with Crippen molar-refractivity contribution in [3.05, 3.63) is 54.9 Å². The molecule has 19 heavy (non-hydrogen) atoms. The fourth-order valence-electron chi connectivity index (χ4n) is 2.29. The van der Waals surface area contributed by atoms with Gasteiger partial charge in [0.2, 0.25) is 0 Å². The van der Waals surface area contributed by atoms with Crippen molar-refractivity contribution in [2.45, 2.75) is 0 Å². The maximum atomic E-state index is 5.93. The van der Waals surface area contributed by atoms with E-state index in [9.17, 15) is 0 Å². The topological polar surface area (TPSA) is 51.8 Å². The van der Waals surface area contributed by atoms with Crippen LogP contribution in [0.4, 0.5) is 0 Å². The first kappa shape index (κ1) is 10.2. The number of hydrogen-bond donors (Lipinski definition) is 0. The quantitative estimate of drug-likeness (QED) is 0.517. The largest absolute Gasteiger partial charge is 0.455 e. The molecule has 4 nitrogen and oxygen atoms in total. The third kappa shape index (κ3) is 1.50. The highest BCUT2D eigenvalue weighted by molar-refractivity contribution is 6.08. The van der Waals surface area contributed by atoms with Gasteiger partial charge in [-0.25, -0.2) is 4.98 Å². The summed E-state index contributed by atoms with van der Waals surface area (Å²) in [5.41, 5.74) is 2.53. The number of aromatic nitrogens is 3. The maximum Gasteiger partial charge on any atom is 0.185 e. The van der Waals surface area contributed by atoms with Gasteiger partial charge >= 0.3 is 0 Å². The van der Waals surface area contributed by atoms with Crippen LogP contribution < -0.4 is 0 Å². The van der Waals surface area contributed by atoms with Gasteiger partial charge in [0.15, 0.2) is 5.82 Å². The molecule has 2 aromatic carbocycles. The van der Waals surface area contributed by atoms with Crippen LogP contribution in [0.1, 0.15) is 0 Å². The van der Waals surface area contributed by atoms with Gasteiger partial charge in [0.05, 0.1) is 11.8 Å². The molecule has 0 aliphatic carbocycles. The summed E-state index contributed by atoms with van der Waals surface area (Å²) in [7, 11) is 0. The Labute approximate surface area is 108 Å². The SMILES string of the molecule is c1ccc2c(c1)oc1c(-c3nccnn3)cccc12. The Bertz CT molecular complexity index is 868. The standard InChI is InChI=1S/C15H9N3O/c1-2-7-13-10(4-1)11-5-3-6-12(14(11)19-13)15-16-8-9-17-18-15/h1-9H. The number of rotatable bonds is 1. The Morgan fingerprint density at radius 2 is 1.74 bits per heavy atom. The molecule has 0 spiro atoms. The lowest BCUT2D eigenvalue weighted by atomic mass is 10.1. The summed E-state index contributed by atoms with van der Waals surface area (Å²) in [6, 6.07) is 14.0. The monoisotopic (exact) mass is 247 g/mol. The van der Waals surface area contributed by atoms with Crippen LogP contribution in [-0.4, -0.2) is 15.2 Å². The predicted molar refractivity (Wildman–Crippen MR) is 72.5 cm³/mol. The van der Waals surface area contributed by atoms with Crippen molar-refractivity contribution in [2.75, 3.05) is 0 Å². The molecule has 0 unspecified atom stereocenters. The van der Waals surface area contributed by atoms with Crippen molar-refractivity contribution >= 4 is 21.9 Å². The predicted octanol–water partition coefficient (Wildman–Crippen LogP) is 3.44. The average molecular weight is 247 g/mol. The molecule has 2 heterocycles. The molecule has 4 heteroatoms. The van der Waals surface area contributed by atoms with Crippen molar-refractivity contribution < 1.29 is 4.42 Å². The number of hydrogen-bond acceptors (Lipinski definition) is 4. The molecule has 0 aliphatic rings. The van der Waals surface area contributed by atoms with E-state index < -0.39 is 0 Å². The molecule has 0 fully saturated rings. The first-order valence-electron chi connectivity index (χ1n) is 5.98. The van der Waals surface area contributed by atoms with Crippen LogP contribution >= 0.6 is 0 Å². The molecular weight excluding hydrogens is 238 g/mol. The minimum Gasteiger partial charge on any atom is -0.455 e. The van der Waals surface area contributed by atoms with Crippen molar-refractivity contribution in [3.8, 4) is 11.4 Å². The number of benzene rings is 2. The molecule has 0 N–H and O–H groups in total. The Kier molecular flexibility index (Phi) is 2.08. The Morgan fingerprint density at radius 3 is 2.63 bits per heavy atom. The molecule has 0 saturated heterocycles. The first-order chi connectivity index (χ1) is 9.43. The second-order valence-electron chi connectivity index (χ2n) is 4.25. The van der Waals surface area contributed by atoms with E-state index >= 15 is 0 Å². The number of nitrogens with zero attached hydrogens (tertiary/aromatic N) is 3. The lowest BCUT2D eigenvalue weighted by Crippen LogP contribution is -1.90. The van der Waals surface area contributed by atoms with Crippen LogP contribution in [0.15, 0.2) is 59.3 Å². The fourth-order valence-corrected chi connectivity index (χ4v) is 2.29. The van der Waals surface area contributed by atoms with Gasteiger partial charge in [-0.05, 0) is 12.1 Å². The van der Waals surface area contributed by atoms with Crippen LogP contribution in [0.2, 0.25) is 0 Å². The lowest BCUT2D eigenvalue weighted by Gasteiger charge is -1.98. The minimum absolute atomic E-state index is 0.576. The van der Waals surface area contributed by atoms with E-state index in [1.165, 1.54) is 0 Å². The molecule has 0 bridgehead atoms. The molecule has 0 saturated carbocycles. The van der Waals surface area contributed by atoms with Gasteiger partial charge in [0.1, 0.15) is 11.2 Å². The number of para-hydroxylation sites is 2. The summed E-state index contributed by atoms with van der Waals surface area (Å²) in [5.74, 6) is 0.576. The first-order valence-corrected chi connectivity index (χ1v) is 5.98. The molecule has 0 atom stereocenters. The molecule has 0 radical (unpaired) electrons. The van der Waals surface area contributed by atoms with Gasteiger partial charge in [-0.3, -0.25) is 0 Å². The normalized spacial score (nSPS) is 11.2. The van der Waals surface area contributed by atoms with E-state index in [1.807, 2.05) is 36.4 Å². The van der Waals surface area contributed by atoms with E-state index in [0.29, 0.717) is 5.82 Å². The Morgan fingerprint density at radius 1 is 0.842 bits per heavy atom. The van der Waals surface area contributed by atoms with Gasteiger partial charge in [0, 0.05) is 17.0 Å². The van der Waals surface area contributed by atoms with Gasteiger partial charge in [-0.1, -0.05) is 30.3 Å². The average Bonchev–Trinajstić information content (AvgIpc) is 2.87. The highest BCUT2D eigenvalue weighted by Crippen LogP contribution is 2.33. The summed E-state index contributed by atoms with van der Waals surface area (Å²) >= 11 is 0. The molecule has 0 aliphatic heterocycles. The zero-order chi connectivity index (χ0) is 12.7. The number of furan rings is 1. The highest BCUT2D eigenvalue weighted by atomic mass is 16.3. The number of fused-ring (bicyclic) bond motifs is 3. The second kappa shape index (κ2) is 3.88. The molecule has 4 aromatic rings. The van der Waals surface area contributed by atoms with Crippen molar-refractivity contribution in [1.29, 1.82) is 0 Å². The van der Waals surface area contributed by atoms with Gasteiger partial charge in [-0.15, -0.1) is 5.10 Å². The van der Waals surface area contributed by atoms with Crippen LogP contribution in [0.5, 0.6) is 0 Å². The van der Waals surface area contributed by atoms with Crippen LogP contribution in [-0.2, 0) is 0 Å². The lowest BCUT2D eigenvalue weighted by molar-refractivity contribution is 0.669. The summed E-state index contributed by atoms with van der Waals surface area (Å²) < 4.78 is 5.93. The van der Waals surface area contributed by atoms with E-state index in [-0.39, 0.29) is 0 Å². The van der Waals surface area contributed by atoms with E-state index in [1.54, 1.807) is 12.4 Å². The van der Waals surface area contributed by atoms with Crippen LogP contribution in [0.3, 0.4) is 0 Å². The summed E-state index contributed by atoms with van der Waals surface area (Å²) in [6.07, 6.45) is 3.19. The molecule has 90 valence electrons. The molecule has 2 aromatic heterocycles.